The van der Waals surface area contributed by atoms with Crippen LogP contribution in [0.5, 0.6) is 5.75 Å². The average Bonchev–Trinajstić information content (AvgIpc) is 3.44. The third-order valence-electron chi connectivity index (χ3n) is 6.23. The molecule has 2 aromatic heterocycles. The van der Waals surface area contributed by atoms with Gasteiger partial charge in [-0.2, -0.15) is 14.3 Å². The van der Waals surface area contributed by atoms with E-state index in [1.54, 1.807) is 18.3 Å². The van der Waals surface area contributed by atoms with Crippen LogP contribution in [-0.4, -0.2) is 45.7 Å². The van der Waals surface area contributed by atoms with Gasteiger partial charge in [0.1, 0.15) is 12.1 Å². The van der Waals surface area contributed by atoms with Crippen LogP contribution in [0.2, 0.25) is 0 Å². The van der Waals surface area contributed by atoms with Gasteiger partial charge in [-0.3, -0.25) is 9.62 Å². The second-order valence-electron chi connectivity index (χ2n) is 8.29. The summed E-state index contributed by atoms with van der Waals surface area (Å²) in [5, 5.41) is 4.40. The summed E-state index contributed by atoms with van der Waals surface area (Å²) >= 11 is 0.986. The fraction of sp³-hybridized carbons (Fsp3) is 0.450. The Morgan fingerprint density at radius 1 is 1.25 bits per heavy atom. The summed E-state index contributed by atoms with van der Waals surface area (Å²) in [5.74, 6) is 7.28. The summed E-state index contributed by atoms with van der Waals surface area (Å²) in [6.45, 7) is 3.72. The van der Waals surface area contributed by atoms with E-state index in [0.717, 1.165) is 48.6 Å². The number of sulfonamides is 1. The molecule has 0 bridgehead atoms. The summed E-state index contributed by atoms with van der Waals surface area (Å²) in [6, 6.07) is 7.31. The lowest BCUT2D eigenvalue weighted by Gasteiger charge is -2.44. The molecule has 2 aliphatic rings. The molecule has 32 heavy (non-hydrogen) atoms. The van der Waals surface area contributed by atoms with Crippen molar-refractivity contribution in [3.63, 3.8) is 0 Å². The number of nitrogen functional groups attached to an aromatic ring is 1. The van der Waals surface area contributed by atoms with Crippen LogP contribution in [0.4, 0.5) is 5.13 Å². The van der Waals surface area contributed by atoms with Crippen LogP contribution in [0.25, 0.3) is 0 Å². The summed E-state index contributed by atoms with van der Waals surface area (Å²) in [6.07, 6.45) is 5.96. The molecule has 0 amide bonds. The van der Waals surface area contributed by atoms with E-state index < -0.39 is 10.0 Å². The molecule has 0 saturated carbocycles. The van der Waals surface area contributed by atoms with Gasteiger partial charge in [0.05, 0.1) is 29.4 Å². The van der Waals surface area contributed by atoms with E-state index in [-0.39, 0.29) is 22.1 Å². The summed E-state index contributed by atoms with van der Waals surface area (Å²) in [5.41, 5.74) is 1.99. The minimum atomic E-state index is -3.78. The van der Waals surface area contributed by atoms with Gasteiger partial charge >= 0.3 is 0 Å². The van der Waals surface area contributed by atoms with Gasteiger partial charge in [0.25, 0.3) is 10.0 Å². The first kappa shape index (κ1) is 21.2. The fourth-order valence-corrected chi connectivity index (χ4v) is 6.34. The van der Waals surface area contributed by atoms with Crippen LogP contribution in [0.1, 0.15) is 49.5 Å². The Morgan fingerprint density at radius 2 is 2.12 bits per heavy atom. The first-order valence-electron chi connectivity index (χ1n) is 10.5. The number of hydrogen-bond donors (Lipinski definition) is 2. The number of likely N-dealkylation sites (tertiary alicyclic amines) is 1. The molecule has 1 aromatic carbocycles. The smallest absolute Gasteiger partial charge is 0.263 e. The molecular weight excluding hydrogens is 450 g/mol. The Hall–Kier alpha value is -2.70. The SMILES string of the molecule is C[C@@H]1CCN([C@H]2CCOc3cc(S(=O)(=O)Nc4ncns4)ccc32)[C@H](c2ccnn2N)C1. The van der Waals surface area contributed by atoms with E-state index in [4.69, 9.17) is 10.6 Å². The lowest BCUT2D eigenvalue weighted by Crippen LogP contribution is -2.42. The zero-order valence-corrected chi connectivity index (χ0v) is 19.2. The van der Waals surface area contributed by atoms with Gasteiger partial charge in [0.2, 0.25) is 5.13 Å². The van der Waals surface area contributed by atoms with Gasteiger partial charge in [-0.15, -0.1) is 0 Å². The van der Waals surface area contributed by atoms with E-state index in [9.17, 15) is 8.42 Å². The number of benzene rings is 1. The maximum atomic E-state index is 12.8. The van der Waals surface area contributed by atoms with Gasteiger partial charge < -0.3 is 10.6 Å². The highest BCUT2D eigenvalue weighted by Gasteiger charge is 2.37. The molecule has 3 N–H and O–H groups in total. The maximum Gasteiger partial charge on any atom is 0.263 e. The Balaban J connectivity index is 1.46. The number of nitrogens with zero attached hydrogens (tertiary/aromatic N) is 5. The van der Waals surface area contributed by atoms with Crippen molar-refractivity contribution in [2.75, 3.05) is 23.7 Å². The largest absolute Gasteiger partial charge is 0.493 e. The van der Waals surface area contributed by atoms with Crippen LogP contribution in [0.3, 0.4) is 0 Å². The predicted octanol–water partition coefficient (Wildman–Crippen LogP) is 2.55. The number of piperidine rings is 1. The molecule has 0 unspecified atom stereocenters. The predicted molar refractivity (Wildman–Crippen MR) is 120 cm³/mol. The number of aromatic nitrogens is 4. The third-order valence-corrected chi connectivity index (χ3v) is 8.28. The minimum absolute atomic E-state index is 0.110. The maximum absolute atomic E-state index is 12.8. The molecule has 12 heteroatoms. The average molecular weight is 476 g/mol. The van der Waals surface area contributed by atoms with Crippen molar-refractivity contribution in [1.82, 2.24) is 24.1 Å². The van der Waals surface area contributed by atoms with Crippen molar-refractivity contribution in [3.8, 4) is 5.75 Å². The van der Waals surface area contributed by atoms with Crippen molar-refractivity contribution in [3.05, 3.63) is 48.0 Å². The molecule has 4 heterocycles. The number of nitrogens with two attached hydrogens (primary N) is 1. The summed E-state index contributed by atoms with van der Waals surface area (Å²) < 4.78 is 37.8. The van der Waals surface area contributed by atoms with Gasteiger partial charge in [-0.1, -0.05) is 13.0 Å². The van der Waals surface area contributed by atoms with Crippen molar-refractivity contribution in [2.45, 2.75) is 43.2 Å². The number of rotatable bonds is 5. The van der Waals surface area contributed by atoms with Crippen molar-refractivity contribution in [1.29, 1.82) is 0 Å². The van der Waals surface area contributed by atoms with Crippen molar-refractivity contribution in [2.24, 2.45) is 5.92 Å². The van der Waals surface area contributed by atoms with E-state index in [1.807, 2.05) is 12.1 Å². The Morgan fingerprint density at radius 3 is 2.88 bits per heavy atom. The molecule has 10 nitrogen and oxygen atoms in total. The molecule has 0 aliphatic carbocycles. The van der Waals surface area contributed by atoms with Crippen molar-refractivity contribution >= 4 is 26.7 Å². The quantitative estimate of drug-likeness (QED) is 0.539. The highest BCUT2D eigenvalue weighted by Crippen LogP contribution is 2.45. The standard InChI is InChI=1S/C20H25N7O3S2/c1-13-5-8-26(18(10-13)17-4-7-23-27(17)21)16-6-9-30-19-11-14(2-3-15(16)19)32(28,29)25-20-22-12-24-31-20/h2-4,7,11-13,16,18H,5-6,8-10,21H2,1H3,(H,22,24,25)/t13-,16+,18+/m1/s1. The Kier molecular flexibility index (Phi) is 5.51. The van der Waals surface area contributed by atoms with Gasteiger partial charge in [0, 0.05) is 35.6 Å². The molecular formula is C20H25N7O3S2. The first-order chi connectivity index (χ1) is 15.4. The second-order valence-corrected chi connectivity index (χ2v) is 10.8. The Bertz CT molecular complexity index is 1200. The number of anilines is 1. The molecule has 2 aliphatic heterocycles. The molecule has 0 radical (unpaired) electrons. The van der Waals surface area contributed by atoms with Crippen LogP contribution in [-0.2, 0) is 10.0 Å². The fourth-order valence-electron chi connectivity index (χ4n) is 4.67. The number of fused-ring (bicyclic) bond motifs is 1. The molecule has 0 spiro atoms. The highest BCUT2D eigenvalue weighted by atomic mass is 32.2. The van der Waals surface area contributed by atoms with Gasteiger partial charge in [-0.05, 0) is 37.4 Å². The monoisotopic (exact) mass is 475 g/mol. The van der Waals surface area contributed by atoms with Crippen LogP contribution in [0.15, 0.2) is 41.7 Å². The minimum Gasteiger partial charge on any atom is -0.493 e. The van der Waals surface area contributed by atoms with Gasteiger partial charge in [0.15, 0.2) is 0 Å². The number of nitrogens with one attached hydrogen (secondary N) is 1. The molecule has 3 aromatic rings. The van der Waals surface area contributed by atoms with E-state index >= 15 is 0 Å². The molecule has 1 saturated heterocycles. The first-order valence-corrected chi connectivity index (χ1v) is 12.8. The molecule has 1 fully saturated rings. The molecule has 3 atom stereocenters. The molecule has 5 rings (SSSR count). The third kappa shape index (κ3) is 3.93. The summed E-state index contributed by atoms with van der Waals surface area (Å²) in [4.78, 5) is 7.96. The second kappa shape index (κ2) is 8.34. The molecule has 170 valence electrons. The zero-order valence-electron chi connectivity index (χ0n) is 17.6. The van der Waals surface area contributed by atoms with Crippen molar-refractivity contribution < 1.29 is 13.2 Å². The number of ether oxygens (including phenoxy) is 1. The number of hydrogen-bond acceptors (Lipinski definition) is 9. The van der Waals surface area contributed by atoms with E-state index in [2.05, 4.69) is 31.0 Å². The van der Waals surface area contributed by atoms with E-state index in [0.29, 0.717) is 18.3 Å². The van der Waals surface area contributed by atoms with E-state index in [1.165, 1.54) is 11.1 Å². The lowest BCUT2D eigenvalue weighted by atomic mass is 9.87. The normalized spacial score (nSPS) is 24.0. The van der Waals surface area contributed by atoms with Crippen LogP contribution in [0, 0.1) is 5.92 Å². The Labute approximate surface area is 190 Å². The summed E-state index contributed by atoms with van der Waals surface area (Å²) in [7, 11) is -3.78. The topological polar surface area (TPSA) is 128 Å². The lowest BCUT2D eigenvalue weighted by molar-refractivity contribution is 0.0453. The van der Waals surface area contributed by atoms with Crippen LogP contribution < -0.4 is 15.3 Å². The zero-order chi connectivity index (χ0) is 22.3. The van der Waals surface area contributed by atoms with Gasteiger partial charge in [-0.25, -0.2) is 13.4 Å². The van der Waals surface area contributed by atoms with Crippen LogP contribution >= 0.6 is 11.5 Å². The highest BCUT2D eigenvalue weighted by molar-refractivity contribution is 7.93.